The van der Waals surface area contributed by atoms with E-state index >= 15 is 0 Å². The topological polar surface area (TPSA) is 58.6 Å². The third-order valence-electron chi connectivity index (χ3n) is 5.80. The Morgan fingerprint density at radius 3 is 2.45 bits per heavy atom. The Bertz CT molecular complexity index is 1030. The molecule has 5 nitrogen and oxygen atoms in total. The number of hydrogen-bond donors (Lipinski definition) is 1. The molecule has 0 bridgehead atoms. The highest BCUT2D eigenvalue weighted by molar-refractivity contribution is 5.95. The van der Waals surface area contributed by atoms with Gasteiger partial charge in [-0.1, -0.05) is 42.2 Å². The van der Waals surface area contributed by atoms with Gasteiger partial charge in [-0.2, -0.15) is 0 Å². The zero-order valence-electron chi connectivity index (χ0n) is 19.9. The van der Waals surface area contributed by atoms with Crippen molar-refractivity contribution in [3.63, 3.8) is 0 Å². The summed E-state index contributed by atoms with van der Waals surface area (Å²) in [6, 6.07) is 15.7. The number of fused-ring (bicyclic) bond motifs is 2. The number of amides is 2. The number of nitrogens with one attached hydrogen (secondary N) is 1. The van der Waals surface area contributed by atoms with E-state index in [1.165, 1.54) is 0 Å². The number of carbonyl (C=O) groups is 2. The highest BCUT2D eigenvalue weighted by atomic mass is 16.5. The predicted molar refractivity (Wildman–Crippen MR) is 132 cm³/mol. The van der Waals surface area contributed by atoms with E-state index in [4.69, 9.17) is 4.74 Å². The van der Waals surface area contributed by atoms with E-state index in [2.05, 4.69) is 17.2 Å². The zero-order valence-corrected chi connectivity index (χ0v) is 19.9. The fourth-order valence-electron chi connectivity index (χ4n) is 3.96. The lowest BCUT2D eigenvalue weighted by Crippen LogP contribution is -2.33. The summed E-state index contributed by atoms with van der Waals surface area (Å²) >= 11 is 0. The van der Waals surface area contributed by atoms with Gasteiger partial charge < -0.3 is 15.0 Å². The van der Waals surface area contributed by atoms with Crippen LogP contribution in [0.25, 0.3) is 0 Å². The first kappa shape index (κ1) is 24.5. The minimum absolute atomic E-state index is 0.0237. The largest absolute Gasteiger partial charge is 0.376 e. The van der Waals surface area contributed by atoms with Crippen LogP contribution in [0.4, 0.5) is 5.69 Å². The van der Waals surface area contributed by atoms with Crippen LogP contribution in [0.2, 0.25) is 0 Å². The van der Waals surface area contributed by atoms with E-state index in [1.807, 2.05) is 74.2 Å². The summed E-state index contributed by atoms with van der Waals surface area (Å²) < 4.78 is 5.66. The number of hydrogen-bond acceptors (Lipinski definition) is 3. The van der Waals surface area contributed by atoms with Gasteiger partial charge in [0.1, 0.15) is 0 Å². The van der Waals surface area contributed by atoms with Gasteiger partial charge in [0.2, 0.25) is 11.8 Å². The minimum atomic E-state index is -0.236. The molecule has 1 heterocycles. The maximum atomic E-state index is 13.2. The number of rotatable bonds is 10. The molecule has 0 atom stereocenters. The van der Waals surface area contributed by atoms with E-state index in [1.54, 1.807) is 0 Å². The van der Waals surface area contributed by atoms with Gasteiger partial charge in [0.25, 0.3) is 0 Å². The SMILES string of the molecule is CCOC(C)(C)CCNC(=O)CCCCC(=O)N1Cc2ccccc2C#Cc2ccccc21. The normalized spacial score (nSPS) is 12.5. The molecule has 0 unspecified atom stereocenters. The van der Waals surface area contributed by atoms with Crippen molar-refractivity contribution < 1.29 is 14.3 Å². The fraction of sp³-hybridized carbons (Fsp3) is 0.429. The third kappa shape index (κ3) is 7.20. The molecule has 0 aliphatic carbocycles. The fourth-order valence-corrected chi connectivity index (χ4v) is 3.96. The Kier molecular flexibility index (Phi) is 8.68. The van der Waals surface area contributed by atoms with Gasteiger partial charge in [0.05, 0.1) is 17.8 Å². The number of carbonyl (C=O) groups excluding carboxylic acids is 2. The molecule has 0 saturated heterocycles. The lowest BCUT2D eigenvalue weighted by Gasteiger charge is -2.26. The molecule has 0 saturated carbocycles. The van der Waals surface area contributed by atoms with Crippen molar-refractivity contribution in [3.05, 3.63) is 65.2 Å². The molecule has 0 aromatic heterocycles. The van der Waals surface area contributed by atoms with Gasteiger partial charge in [-0.3, -0.25) is 9.59 Å². The van der Waals surface area contributed by atoms with Crippen molar-refractivity contribution in [3.8, 4) is 11.8 Å². The van der Waals surface area contributed by atoms with Crippen LogP contribution in [0, 0.1) is 11.8 Å². The smallest absolute Gasteiger partial charge is 0.227 e. The summed E-state index contributed by atoms with van der Waals surface area (Å²) in [6.45, 7) is 7.78. The first-order chi connectivity index (χ1) is 15.9. The highest BCUT2D eigenvalue weighted by Crippen LogP contribution is 2.26. The summed E-state index contributed by atoms with van der Waals surface area (Å²) in [6.07, 6.45) is 2.94. The average Bonchev–Trinajstić information content (AvgIpc) is 2.78. The molecule has 1 aliphatic rings. The Morgan fingerprint density at radius 2 is 1.67 bits per heavy atom. The summed E-state index contributed by atoms with van der Waals surface area (Å²) in [5, 5.41) is 2.96. The van der Waals surface area contributed by atoms with Crippen LogP contribution in [-0.2, 0) is 20.9 Å². The number of benzene rings is 2. The van der Waals surface area contributed by atoms with Crippen LogP contribution in [0.5, 0.6) is 0 Å². The van der Waals surface area contributed by atoms with Crippen LogP contribution in [0.1, 0.15) is 69.6 Å². The second-order valence-electron chi connectivity index (χ2n) is 8.90. The maximum Gasteiger partial charge on any atom is 0.227 e. The summed E-state index contributed by atoms with van der Waals surface area (Å²) in [7, 11) is 0. The number of ether oxygens (including phenoxy) is 1. The lowest BCUT2D eigenvalue weighted by molar-refractivity contribution is -0.122. The first-order valence-corrected chi connectivity index (χ1v) is 11.8. The molecule has 0 fully saturated rings. The van der Waals surface area contributed by atoms with Gasteiger partial charge in [0.15, 0.2) is 0 Å². The van der Waals surface area contributed by atoms with Crippen molar-refractivity contribution in [1.29, 1.82) is 0 Å². The van der Waals surface area contributed by atoms with E-state index in [-0.39, 0.29) is 17.4 Å². The molecule has 2 amide bonds. The highest BCUT2D eigenvalue weighted by Gasteiger charge is 2.21. The van der Waals surface area contributed by atoms with Gasteiger partial charge in [0, 0.05) is 37.1 Å². The van der Waals surface area contributed by atoms with Crippen LogP contribution in [0.15, 0.2) is 48.5 Å². The van der Waals surface area contributed by atoms with Gasteiger partial charge >= 0.3 is 0 Å². The predicted octanol–water partition coefficient (Wildman–Crippen LogP) is 4.81. The monoisotopic (exact) mass is 446 g/mol. The summed E-state index contributed by atoms with van der Waals surface area (Å²) in [4.78, 5) is 27.2. The molecule has 2 aromatic rings. The molecular weight excluding hydrogens is 412 g/mol. The number of para-hydroxylation sites is 1. The molecule has 3 rings (SSSR count). The Hall–Kier alpha value is -3.10. The van der Waals surface area contributed by atoms with Crippen molar-refractivity contribution in [2.24, 2.45) is 0 Å². The molecule has 0 spiro atoms. The molecular formula is C28H34N2O3. The Morgan fingerprint density at radius 1 is 1.00 bits per heavy atom. The maximum absolute atomic E-state index is 13.2. The Balaban J connectivity index is 1.52. The van der Waals surface area contributed by atoms with Crippen molar-refractivity contribution in [1.82, 2.24) is 5.32 Å². The minimum Gasteiger partial charge on any atom is -0.376 e. The Labute approximate surface area is 197 Å². The summed E-state index contributed by atoms with van der Waals surface area (Å²) in [5.74, 6) is 6.54. The molecule has 33 heavy (non-hydrogen) atoms. The molecule has 2 aromatic carbocycles. The van der Waals surface area contributed by atoms with E-state index in [0.717, 1.165) is 28.8 Å². The van der Waals surface area contributed by atoms with Crippen LogP contribution < -0.4 is 10.2 Å². The molecule has 1 N–H and O–H groups in total. The van der Waals surface area contributed by atoms with E-state index in [9.17, 15) is 9.59 Å². The van der Waals surface area contributed by atoms with Crippen molar-refractivity contribution in [2.45, 2.75) is 65.0 Å². The molecule has 0 radical (unpaired) electrons. The van der Waals surface area contributed by atoms with Crippen molar-refractivity contribution >= 4 is 17.5 Å². The zero-order chi connectivity index (χ0) is 23.7. The quantitative estimate of drug-likeness (QED) is 0.421. The third-order valence-corrected chi connectivity index (χ3v) is 5.80. The van der Waals surface area contributed by atoms with Crippen LogP contribution >= 0.6 is 0 Å². The number of unbranched alkanes of at least 4 members (excludes halogenated alkanes) is 1. The number of nitrogens with zero attached hydrogens (tertiary/aromatic N) is 1. The van der Waals surface area contributed by atoms with Gasteiger partial charge in [-0.15, -0.1) is 0 Å². The van der Waals surface area contributed by atoms with E-state index < -0.39 is 0 Å². The van der Waals surface area contributed by atoms with Gasteiger partial charge in [-0.25, -0.2) is 0 Å². The first-order valence-electron chi connectivity index (χ1n) is 11.8. The average molecular weight is 447 g/mol. The standard InChI is InChI=1S/C28H34N2O3/c1-4-33-28(2,3)19-20-29-26(31)15-9-10-16-27(32)30-21-24-13-6-5-11-22(24)17-18-23-12-7-8-14-25(23)30/h5-8,11-14H,4,9-10,15-16,19-21H2,1-3H3,(H,29,31). The van der Waals surface area contributed by atoms with Crippen LogP contribution in [-0.4, -0.2) is 30.6 Å². The lowest BCUT2D eigenvalue weighted by atomic mass is 10.0. The molecule has 174 valence electrons. The van der Waals surface area contributed by atoms with Gasteiger partial charge in [-0.05, 0) is 63.8 Å². The van der Waals surface area contributed by atoms with Crippen molar-refractivity contribution in [2.75, 3.05) is 18.1 Å². The second-order valence-corrected chi connectivity index (χ2v) is 8.90. The van der Waals surface area contributed by atoms with E-state index in [0.29, 0.717) is 45.4 Å². The van der Waals surface area contributed by atoms with Crippen LogP contribution in [0.3, 0.4) is 0 Å². The molecule has 5 heteroatoms. The summed E-state index contributed by atoms with van der Waals surface area (Å²) in [5.41, 5.74) is 3.46. The number of anilines is 1. The second kappa shape index (κ2) is 11.7. The molecule has 1 aliphatic heterocycles.